The molecule has 0 atom stereocenters. The second-order valence-corrected chi connectivity index (χ2v) is 13.1. The Morgan fingerprint density at radius 3 is 1.18 bits per heavy atom. The van der Waals surface area contributed by atoms with E-state index in [1.54, 1.807) is 0 Å². The highest BCUT2D eigenvalue weighted by molar-refractivity contribution is 6.19. The van der Waals surface area contributed by atoms with E-state index >= 15 is 0 Å². The zero-order valence-corrected chi connectivity index (χ0v) is 27.1. The van der Waals surface area contributed by atoms with Crippen molar-refractivity contribution in [2.24, 2.45) is 0 Å². The molecule has 4 heteroatoms. The van der Waals surface area contributed by atoms with Crippen LogP contribution in [0.25, 0.3) is 88.2 Å². The van der Waals surface area contributed by atoms with Crippen molar-refractivity contribution < 1.29 is 0 Å². The van der Waals surface area contributed by atoms with Crippen molar-refractivity contribution in [1.82, 2.24) is 18.3 Å². The Labute approximate surface area is 287 Å². The number of hydrogen-bond acceptors (Lipinski definition) is 0. The summed E-state index contributed by atoms with van der Waals surface area (Å²) in [4.78, 5) is 0. The normalized spacial score (nSPS) is 12.0. The van der Waals surface area contributed by atoms with E-state index in [-0.39, 0.29) is 0 Å². The second-order valence-electron chi connectivity index (χ2n) is 13.1. The fourth-order valence-corrected chi connectivity index (χ4v) is 8.26. The lowest BCUT2D eigenvalue weighted by molar-refractivity contribution is 1.10. The summed E-state index contributed by atoms with van der Waals surface area (Å²) in [5, 5.41) is 7.41. The monoisotopic (exact) mass is 638 g/mol. The van der Waals surface area contributed by atoms with Gasteiger partial charge in [-0.05, 0) is 66.7 Å². The van der Waals surface area contributed by atoms with Gasteiger partial charge in [0.25, 0.3) is 0 Å². The summed E-state index contributed by atoms with van der Waals surface area (Å²) in [6.07, 6.45) is 4.39. The Morgan fingerprint density at radius 2 is 0.700 bits per heavy atom. The second kappa shape index (κ2) is 10.4. The van der Waals surface area contributed by atoms with Gasteiger partial charge in [-0.3, -0.25) is 0 Å². The summed E-state index contributed by atoms with van der Waals surface area (Å²) in [5.41, 5.74) is 11.7. The van der Waals surface area contributed by atoms with Gasteiger partial charge in [0.2, 0.25) is 0 Å². The molecule has 0 saturated heterocycles. The van der Waals surface area contributed by atoms with E-state index in [4.69, 9.17) is 0 Å². The summed E-state index contributed by atoms with van der Waals surface area (Å²) in [6.45, 7) is 0. The van der Waals surface area contributed by atoms with Crippen LogP contribution in [0.4, 0.5) is 0 Å². The molecule has 4 nitrogen and oxygen atoms in total. The maximum atomic E-state index is 2.46. The molecule has 0 N–H and O–H groups in total. The number of hydrogen-bond donors (Lipinski definition) is 0. The van der Waals surface area contributed by atoms with Gasteiger partial charge in [-0.15, -0.1) is 0 Å². The van der Waals surface area contributed by atoms with Crippen LogP contribution in [0.3, 0.4) is 0 Å². The quantitative estimate of drug-likeness (QED) is 0.183. The lowest BCUT2D eigenvalue weighted by atomic mass is 10.1. The maximum absolute atomic E-state index is 2.46. The lowest BCUT2D eigenvalue weighted by Gasteiger charge is -2.15. The molecular formula is C46H30N4. The van der Waals surface area contributed by atoms with Gasteiger partial charge in [-0.1, -0.05) is 103 Å². The smallest absolute Gasteiger partial charge is 0.0788 e. The maximum Gasteiger partial charge on any atom is 0.0788 e. The molecule has 0 amide bonds. The van der Waals surface area contributed by atoms with Gasteiger partial charge in [0.05, 0.1) is 33.1 Å². The zero-order valence-electron chi connectivity index (χ0n) is 27.1. The molecule has 234 valence electrons. The van der Waals surface area contributed by atoms with Crippen LogP contribution in [0.2, 0.25) is 0 Å². The first-order valence-electron chi connectivity index (χ1n) is 17.1. The number of benzene rings is 7. The molecular weight excluding hydrogens is 609 g/mol. The van der Waals surface area contributed by atoms with Crippen molar-refractivity contribution in [3.05, 3.63) is 182 Å². The van der Waals surface area contributed by atoms with E-state index in [0.717, 1.165) is 22.7 Å². The molecule has 0 fully saturated rings. The Kier molecular flexibility index (Phi) is 5.63. The summed E-state index contributed by atoms with van der Waals surface area (Å²) >= 11 is 0. The molecule has 0 aliphatic carbocycles. The van der Waals surface area contributed by atoms with Crippen molar-refractivity contribution >= 4 is 65.4 Å². The standard InChI is InChI=1S/C46H30N4/c1-3-12-33(13-4-1)47-28-26-31-22-24-39-37-18-7-9-20-41(37)49(45(39)43(31)47)35-16-11-17-36(30-35)50-42-21-10-8-19-38(42)40-25-23-32-27-29-48(44(32)46(40)50)34-14-5-2-6-15-34/h1-30H. The number of fused-ring (bicyclic) bond motifs is 10. The Morgan fingerprint density at radius 1 is 0.280 bits per heavy atom. The molecule has 11 rings (SSSR count). The third kappa shape index (κ3) is 3.76. The van der Waals surface area contributed by atoms with Gasteiger partial charge >= 0.3 is 0 Å². The molecule has 7 aromatic carbocycles. The topological polar surface area (TPSA) is 19.7 Å². The Balaban J connectivity index is 1.24. The molecule has 4 aromatic heterocycles. The molecule has 11 aromatic rings. The number of rotatable bonds is 4. The van der Waals surface area contributed by atoms with Crippen molar-refractivity contribution in [2.75, 3.05) is 0 Å². The first-order valence-corrected chi connectivity index (χ1v) is 17.1. The average molecular weight is 639 g/mol. The van der Waals surface area contributed by atoms with E-state index in [0.29, 0.717) is 0 Å². The number of aromatic nitrogens is 4. The van der Waals surface area contributed by atoms with Crippen LogP contribution in [0.5, 0.6) is 0 Å². The van der Waals surface area contributed by atoms with Crippen LogP contribution in [-0.4, -0.2) is 18.3 Å². The number of nitrogens with zero attached hydrogens (tertiary/aromatic N) is 4. The van der Waals surface area contributed by atoms with Crippen molar-refractivity contribution in [1.29, 1.82) is 0 Å². The lowest BCUT2D eigenvalue weighted by Crippen LogP contribution is -2.01. The molecule has 50 heavy (non-hydrogen) atoms. The summed E-state index contributed by atoms with van der Waals surface area (Å²) < 4.78 is 9.59. The van der Waals surface area contributed by atoms with Gasteiger partial charge < -0.3 is 18.3 Å². The van der Waals surface area contributed by atoms with Crippen LogP contribution in [-0.2, 0) is 0 Å². The molecule has 0 bridgehead atoms. The van der Waals surface area contributed by atoms with Crippen LogP contribution in [0.15, 0.2) is 182 Å². The highest BCUT2D eigenvalue weighted by Gasteiger charge is 2.21. The SMILES string of the molecule is c1ccc(-n2ccc3ccc4c5ccccc5n(-c5cccc(-n6c7ccccc7c7ccc8ccn(-c9ccccc9)c8c76)c5)c4c32)cc1. The van der Waals surface area contributed by atoms with Gasteiger partial charge in [-0.2, -0.15) is 0 Å². The minimum absolute atomic E-state index is 1.12. The fraction of sp³-hybridized carbons (Fsp3) is 0. The number of para-hydroxylation sites is 4. The van der Waals surface area contributed by atoms with E-state index < -0.39 is 0 Å². The van der Waals surface area contributed by atoms with Crippen LogP contribution < -0.4 is 0 Å². The Bertz CT molecular complexity index is 2870. The summed E-state index contributed by atoms with van der Waals surface area (Å²) in [7, 11) is 0. The first-order chi connectivity index (χ1) is 24.8. The first kappa shape index (κ1) is 27.2. The van der Waals surface area contributed by atoms with Gasteiger partial charge in [-0.25, -0.2) is 0 Å². The Hall–Kier alpha value is -6.78. The van der Waals surface area contributed by atoms with E-state index in [2.05, 4.69) is 201 Å². The predicted molar refractivity (Wildman–Crippen MR) is 209 cm³/mol. The highest BCUT2D eigenvalue weighted by atomic mass is 15.1. The van der Waals surface area contributed by atoms with Crippen molar-refractivity contribution in [3.63, 3.8) is 0 Å². The van der Waals surface area contributed by atoms with Crippen molar-refractivity contribution in [3.8, 4) is 22.7 Å². The van der Waals surface area contributed by atoms with Gasteiger partial charge in [0, 0.05) is 67.5 Å². The molecule has 0 unspecified atom stereocenters. The minimum Gasteiger partial charge on any atom is -0.315 e. The van der Waals surface area contributed by atoms with E-state index in [1.165, 1.54) is 65.4 Å². The van der Waals surface area contributed by atoms with E-state index in [9.17, 15) is 0 Å². The van der Waals surface area contributed by atoms with Crippen LogP contribution in [0.1, 0.15) is 0 Å². The highest BCUT2D eigenvalue weighted by Crippen LogP contribution is 2.41. The largest absolute Gasteiger partial charge is 0.315 e. The fourth-order valence-electron chi connectivity index (χ4n) is 8.26. The molecule has 0 aliphatic heterocycles. The third-order valence-corrected chi connectivity index (χ3v) is 10.4. The minimum atomic E-state index is 1.12. The van der Waals surface area contributed by atoms with Crippen LogP contribution >= 0.6 is 0 Å². The van der Waals surface area contributed by atoms with Crippen molar-refractivity contribution in [2.45, 2.75) is 0 Å². The summed E-state index contributed by atoms with van der Waals surface area (Å²) in [5.74, 6) is 0. The van der Waals surface area contributed by atoms with Gasteiger partial charge in [0.1, 0.15) is 0 Å². The predicted octanol–water partition coefficient (Wildman–Crippen LogP) is 11.8. The molecule has 0 aliphatic rings. The molecule has 0 saturated carbocycles. The molecule has 0 spiro atoms. The average Bonchev–Trinajstić information content (AvgIpc) is 3.96. The van der Waals surface area contributed by atoms with Gasteiger partial charge in [0.15, 0.2) is 0 Å². The zero-order chi connectivity index (χ0) is 32.8. The van der Waals surface area contributed by atoms with E-state index in [1.807, 2.05) is 0 Å². The summed E-state index contributed by atoms with van der Waals surface area (Å²) in [6, 6.07) is 61.5. The molecule has 4 heterocycles. The third-order valence-electron chi connectivity index (χ3n) is 10.4. The molecule has 0 radical (unpaired) electrons. The van der Waals surface area contributed by atoms with Crippen LogP contribution in [0, 0.1) is 0 Å².